The van der Waals surface area contributed by atoms with E-state index in [1.54, 1.807) is 6.20 Å². The highest BCUT2D eigenvalue weighted by atomic mass is 127. The lowest BCUT2D eigenvalue weighted by molar-refractivity contribution is 0.463. The number of aliphatic imine (C=N–C) groups is 1. The van der Waals surface area contributed by atoms with Gasteiger partial charge in [-0.3, -0.25) is 9.98 Å². The first-order valence-corrected chi connectivity index (χ1v) is 9.95. The van der Waals surface area contributed by atoms with E-state index in [1.165, 1.54) is 10.6 Å². The number of thiophene rings is 1. The van der Waals surface area contributed by atoms with Gasteiger partial charge in [0.15, 0.2) is 5.96 Å². The predicted molar refractivity (Wildman–Crippen MR) is 122 cm³/mol. The van der Waals surface area contributed by atoms with Crippen LogP contribution in [0.25, 0.3) is 0 Å². The number of piperidine rings is 1. The van der Waals surface area contributed by atoms with Crippen molar-refractivity contribution in [1.82, 2.24) is 15.6 Å². The van der Waals surface area contributed by atoms with Crippen LogP contribution in [-0.2, 0) is 6.42 Å². The zero-order chi connectivity index (χ0) is 17.3. The molecule has 0 amide bonds. The van der Waals surface area contributed by atoms with Gasteiger partial charge in [0.2, 0.25) is 0 Å². The van der Waals surface area contributed by atoms with Gasteiger partial charge in [-0.15, -0.1) is 35.3 Å². The van der Waals surface area contributed by atoms with E-state index in [1.807, 2.05) is 23.6 Å². The van der Waals surface area contributed by atoms with Crippen LogP contribution in [-0.4, -0.2) is 43.2 Å². The molecule has 5 nitrogen and oxygen atoms in total. The van der Waals surface area contributed by atoms with Gasteiger partial charge in [0, 0.05) is 44.6 Å². The zero-order valence-corrected chi connectivity index (χ0v) is 18.4. The average Bonchev–Trinajstić information content (AvgIpc) is 3.18. The molecule has 0 aromatic carbocycles. The van der Waals surface area contributed by atoms with Gasteiger partial charge in [-0.05, 0) is 55.3 Å². The van der Waals surface area contributed by atoms with Crippen molar-refractivity contribution in [3.8, 4) is 0 Å². The van der Waals surface area contributed by atoms with E-state index >= 15 is 0 Å². The lowest BCUT2D eigenvalue weighted by Gasteiger charge is -2.33. The Bertz CT molecular complexity index is 639. The maximum absolute atomic E-state index is 4.73. The van der Waals surface area contributed by atoms with Crippen LogP contribution in [0.15, 0.2) is 47.0 Å². The molecular formula is C19H28IN5S. The molecule has 1 aliphatic heterocycles. The first-order chi connectivity index (χ1) is 12.3. The third-order valence-corrected chi connectivity index (χ3v) is 5.32. The van der Waals surface area contributed by atoms with Crippen molar-refractivity contribution in [3.05, 3.63) is 47.6 Å². The highest BCUT2D eigenvalue weighted by Crippen LogP contribution is 2.24. The van der Waals surface area contributed by atoms with Gasteiger partial charge in [-0.2, -0.15) is 0 Å². The Morgan fingerprint density at radius 1 is 1.31 bits per heavy atom. The van der Waals surface area contributed by atoms with Crippen molar-refractivity contribution in [1.29, 1.82) is 0 Å². The summed E-state index contributed by atoms with van der Waals surface area (Å²) in [7, 11) is 0. The molecule has 1 aliphatic rings. The summed E-state index contributed by atoms with van der Waals surface area (Å²) >= 11 is 1.83. The van der Waals surface area contributed by atoms with E-state index in [4.69, 9.17) is 4.99 Å². The van der Waals surface area contributed by atoms with Crippen LogP contribution in [0.5, 0.6) is 0 Å². The maximum atomic E-state index is 4.73. The summed E-state index contributed by atoms with van der Waals surface area (Å²) in [5, 5.41) is 10.5. The Hall–Kier alpha value is -1.35. The number of nitrogens with zero attached hydrogens (tertiary/aromatic N) is 3. The first-order valence-electron chi connectivity index (χ1n) is 9.07. The summed E-state index contributed by atoms with van der Waals surface area (Å²) in [6.07, 6.45) is 6.92. The summed E-state index contributed by atoms with van der Waals surface area (Å²) in [4.78, 5) is 11.4. The summed E-state index contributed by atoms with van der Waals surface area (Å²) in [6.45, 7) is 5.97. The lowest BCUT2D eigenvalue weighted by Crippen LogP contribution is -2.48. The molecule has 0 aliphatic carbocycles. The molecule has 2 aromatic heterocycles. The zero-order valence-electron chi connectivity index (χ0n) is 15.2. The Balaban J connectivity index is 0.00000243. The van der Waals surface area contributed by atoms with Gasteiger partial charge < -0.3 is 15.5 Å². The standard InChI is InChI=1S/C19H27N5S.HI/c1-2-21-19(22-11-7-16-5-3-10-20-15-16)23-17-8-12-24(13-9-17)18-6-4-14-25-18;/h3-6,10,14-15,17H,2,7-9,11-13H2,1H3,(H2,21,22,23);1H. The fraction of sp³-hybridized carbons (Fsp3) is 0.474. The molecule has 1 saturated heterocycles. The van der Waals surface area contributed by atoms with Gasteiger partial charge in [-0.1, -0.05) is 6.07 Å². The Morgan fingerprint density at radius 2 is 2.15 bits per heavy atom. The minimum absolute atomic E-state index is 0. The summed E-state index contributed by atoms with van der Waals surface area (Å²) < 4.78 is 0. The molecule has 0 unspecified atom stereocenters. The van der Waals surface area contributed by atoms with Crippen LogP contribution in [0.3, 0.4) is 0 Å². The van der Waals surface area contributed by atoms with E-state index in [0.717, 1.165) is 51.4 Å². The minimum Gasteiger partial charge on any atom is -0.363 e. The highest BCUT2D eigenvalue weighted by Gasteiger charge is 2.20. The van der Waals surface area contributed by atoms with Gasteiger partial charge >= 0.3 is 0 Å². The maximum Gasteiger partial charge on any atom is 0.191 e. The quantitative estimate of drug-likeness (QED) is 0.374. The van der Waals surface area contributed by atoms with E-state index in [9.17, 15) is 0 Å². The summed E-state index contributed by atoms with van der Waals surface area (Å²) in [5.74, 6) is 0.931. The lowest BCUT2D eigenvalue weighted by atomic mass is 10.1. The molecule has 0 spiro atoms. The number of halogens is 1. The normalized spacial score (nSPS) is 15.4. The molecule has 0 saturated carbocycles. The van der Waals surface area contributed by atoms with Crippen molar-refractivity contribution < 1.29 is 0 Å². The monoisotopic (exact) mass is 485 g/mol. The Morgan fingerprint density at radius 3 is 2.81 bits per heavy atom. The molecule has 3 rings (SSSR count). The van der Waals surface area contributed by atoms with Gasteiger partial charge in [0.1, 0.15) is 0 Å². The molecule has 0 atom stereocenters. The molecule has 142 valence electrons. The molecule has 3 heterocycles. The second kappa shape index (κ2) is 11.4. The number of rotatable bonds is 6. The van der Waals surface area contributed by atoms with Crippen molar-refractivity contribution in [3.63, 3.8) is 0 Å². The molecular weight excluding hydrogens is 457 g/mol. The number of aromatic nitrogens is 1. The second-order valence-corrected chi connectivity index (χ2v) is 7.16. The Labute approximate surface area is 177 Å². The SMILES string of the molecule is CCNC(=NCCc1cccnc1)NC1CCN(c2cccs2)CC1.I. The molecule has 2 aromatic rings. The van der Waals surface area contributed by atoms with Crippen molar-refractivity contribution >= 4 is 46.3 Å². The molecule has 7 heteroatoms. The van der Waals surface area contributed by atoms with E-state index in [-0.39, 0.29) is 24.0 Å². The molecule has 26 heavy (non-hydrogen) atoms. The number of nitrogens with one attached hydrogen (secondary N) is 2. The number of hydrogen-bond acceptors (Lipinski definition) is 4. The summed E-state index contributed by atoms with van der Waals surface area (Å²) in [6, 6.07) is 8.91. The number of guanidine groups is 1. The second-order valence-electron chi connectivity index (χ2n) is 6.23. The predicted octanol–water partition coefficient (Wildman–Crippen LogP) is 3.53. The van der Waals surface area contributed by atoms with Crippen molar-refractivity contribution in [2.24, 2.45) is 4.99 Å². The number of hydrogen-bond donors (Lipinski definition) is 2. The van der Waals surface area contributed by atoms with Crippen molar-refractivity contribution in [2.45, 2.75) is 32.2 Å². The minimum atomic E-state index is 0. The smallest absolute Gasteiger partial charge is 0.191 e. The Kier molecular flexibility index (Phi) is 9.17. The topological polar surface area (TPSA) is 52.6 Å². The third kappa shape index (κ3) is 6.42. The van der Waals surface area contributed by atoms with E-state index in [2.05, 4.69) is 51.0 Å². The number of pyridine rings is 1. The van der Waals surface area contributed by atoms with Crippen LogP contribution in [0.2, 0.25) is 0 Å². The van der Waals surface area contributed by atoms with Crippen LogP contribution in [0.1, 0.15) is 25.3 Å². The van der Waals surface area contributed by atoms with Crippen LogP contribution in [0.4, 0.5) is 5.00 Å². The van der Waals surface area contributed by atoms with E-state index in [0.29, 0.717) is 6.04 Å². The van der Waals surface area contributed by atoms with Gasteiger partial charge in [-0.25, -0.2) is 0 Å². The van der Waals surface area contributed by atoms with Crippen molar-refractivity contribution in [2.75, 3.05) is 31.1 Å². The molecule has 2 N–H and O–H groups in total. The fourth-order valence-corrected chi connectivity index (χ4v) is 3.84. The van der Waals surface area contributed by atoms with Crippen LogP contribution >= 0.6 is 35.3 Å². The third-order valence-electron chi connectivity index (χ3n) is 4.39. The van der Waals surface area contributed by atoms with E-state index < -0.39 is 0 Å². The average molecular weight is 485 g/mol. The fourth-order valence-electron chi connectivity index (χ4n) is 3.05. The molecule has 1 fully saturated rings. The van der Waals surface area contributed by atoms with Gasteiger partial charge in [0.25, 0.3) is 0 Å². The van der Waals surface area contributed by atoms with Crippen LogP contribution in [0, 0.1) is 0 Å². The molecule has 0 radical (unpaired) electrons. The first kappa shape index (κ1) is 21.0. The molecule has 0 bridgehead atoms. The number of anilines is 1. The largest absolute Gasteiger partial charge is 0.363 e. The van der Waals surface area contributed by atoms with Gasteiger partial charge in [0.05, 0.1) is 5.00 Å². The summed E-state index contributed by atoms with van der Waals surface area (Å²) in [5.41, 5.74) is 1.23. The van der Waals surface area contributed by atoms with Crippen LogP contribution < -0.4 is 15.5 Å². The highest BCUT2D eigenvalue weighted by molar-refractivity contribution is 14.0.